The standard InChI is InChI=1S/C19H17NO2/c1-13-8-14(2)10-18(9-13)20-7-6-17(12-20)15-4-3-5-16(11-15)19(21)22/h3-12H,1-2H3,(H,21,22). The summed E-state index contributed by atoms with van der Waals surface area (Å²) in [5.74, 6) is -0.907. The highest BCUT2D eigenvalue weighted by molar-refractivity contribution is 5.89. The first-order chi connectivity index (χ1) is 10.5. The fraction of sp³-hybridized carbons (Fsp3) is 0.105. The second kappa shape index (κ2) is 5.53. The zero-order valence-corrected chi connectivity index (χ0v) is 12.6. The van der Waals surface area contributed by atoms with Crippen molar-refractivity contribution in [1.29, 1.82) is 0 Å². The molecule has 0 unspecified atom stereocenters. The van der Waals surface area contributed by atoms with Gasteiger partial charge < -0.3 is 9.67 Å². The van der Waals surface area contributed by atoms with Crippen LogP contribution in [-0.4, -0.2) is 15.6 Å². The Labute approximate surface area is 129 Å². The van der Waals surface area contributed by atoms with Crippen molar-refractivity contribution in [3.05, 3.63) is 77.6 Å². The van der Waals surface area contributed by atoms with Gasteiger partial charge in [-0.05, 0) is 66.4 Å². The minimum Gasteiger partial charge on any atom is -0.478 e. The quantitative estimate of drug-likeness (QED) is 0.774. The molecule has 3 heteroatoms. The van der Waals surface area contributed by atoms with Crippen LogP contribution in [0.1, 0.15) is 21.5 Å². The van der Waals surface area contributed by atoms with E-state index < -0.39 is 5.97 Å². The Morgan fingerprint density at radius 2 is 1.68 bits per heavy atom. The van der Waals surface area contributed by atoms with Gasteiger partial charge in [-0.15, -0.1) is 0 Å². The van der Waals surface area contributed by atoms with Gasteiger partial charge in [0.1, 0.15) is 0 Å². The van der Waals surface area contributed by atoms with Gasteiger partial charge in [0.15, 0.2) is 0 Å². The fourth-order valence-corrected chi connectivity index (χ4v) is 2.66. The molecule has 1 heterocycles. The minimum atomic E-state index is -0.907. The minimum absolute atomic E-state index is 0.302. The van der Waals surface area contributed by atoms with Gasteiger partial charge >= 0.3 is 5.97 Å². The highest BCUT2D eigenvalue weighted by atomic mass is 16.4. The molecule has 0 saturated carbocycles. The highest BCUT2D eigenvalue weighted by Gasteiger charge is 2.07. The van der Waals surface area contributed by atoms with Crippen LogP contribution in [0.2, 0.25) is 0 Å². The first kappa shape index (κ1) is 14.1. The van der Waals surface area contributed by atoms with E-state index in [0.29, 0.717) is 5.56 Å². The van der Waals surface area contributed by atoms with E-state index in [2.05, 4.69) is 36.6 Å². The maximum Gasteiger partial charge on any atom is 0.335 e. The predicted molar refractivity (Wildman–Crippen MR) is 87.6 cm³/mol. The fourth-order valence-electron chi connectivity index (χ4n) is 2.66. The summed E-state index contributed by atoms with van der Waals surface area (Å²) in [6.45, 7) is 4.16. The maximum atomic E-state index is 11.1. The van der Waals surface area contributed by atoms with Gasteiger partial charge in [-0.3, -0.25) is 0 Å². The molecule has 3 nitrogen and oxygen atoms in total. The third-order valence-corrected chi connectivity index (χ3v) is 3.64. The lowest BCUT2D eigenvalue weighted by molar-refractivity contribution is 0.0697. The van der Waals surface area contributed by atoms with Crippen LogP contribution in [0.4, 0.5) is 0 Å². The Hall–Kier alpha value is -2.81. The van der Waals surface area contributed by atoms with E-state index in [9.17, 15) is 4.79 Å². The number of nitrogens with zero attached hydrogens (tertiary/aromatic N) is 1. The molecule has 22 heavy (non-hydrogen) atoms. The summed E-state index contributed by atoms with van der Waals surface area (Å²) < 4.78 is 2.06. The number of carbonyl (C=O) groups is 1. The molecule has 3 aromatic rings. The number of carboxylic acids is 1. The van der Waals surface area contributed by atoms with Crippen LogP contribution in [0, 0.1) is 13.8 Å². The molecule has 1 N–H and O–H groups in total. The molecule has 110 valence electrons. The number of aromatic nitrogens is 1. The zero-order chi connectivity index (χ0) is 15.7. The lowest BCUT2D eigenvalue weighted by Gasteiger charge is -2.06. The average Bonchev–Trinajstić information content (AvgIpc) is 2.96. The molecule has 0 fully saturated rings. The zero-order valence-electron chi connectivity index (χ0n) is 12.6. The normalized spacial score (nSPS) is 10.6. The number of hydrogen-bond donors (Lipinski definition) is 1. The van der Waals surface area contributed by atoms with Gasteiger partial charge in [-0.25, -0.2) is 4.79 Å². The van der Waals surface area contributed by atoms with Crippen molar-refractivity contribution in [2.45, 2.75) is 13.8 Å². The number of benzene rings is 2. The molecule has 0 aliphatic carbocycles. The Bertz CT molecular complexity index is 826. The van der Waals surface area contributed by atoms with E-state index in [-0.39, 0.29) is 0 Å². The molecule has 3 rings (SSSR count). The number of carboxylic acid groups (broad SMARTS) is 1. The molecule has 0 saturated heterocycles. The van der Waals surface area contributed by atoms with Gasteiger partial charge in [-0.1, -0.05) is 18.2 Å². The highest BCUT2D eigenvalue weighted by Crippen LogP contribution is 2.23. The van der Waals surface area contributed by atoms with E-state index in [1.165, 1.54) is 11.1 Å². The first-order valence-corrected chi connectivity index (χ1v) is 7.13. The molecule has 2 aromatic carbocycles. The van der Waals surface area contributed by atoms with E-state index in [4.69, 9.17) is 5.11 Å². The van der Waals surface area contributed by atoms with Crippen LogP contribution in [-0.2, 0) is 0 Å². The smallest absolute Gasteiger partial charge is 0.335 e. The van der Waals surface area contributed by atoms with Gasteiger partial charge in [0.2, 0.25) is 0 Å². The first-order valence-electron chi connectivity index (χ1n) is 7.13. The maximum absolute atomic E-state index is 11.1. The van der Waals surface area contributed by atoms with E-state index >= 15 is 0 Å². The van der Waals surface area contributed by atoms with E-state index in [0.717, 1.165) is 16.8 Å². The lowest BCUT2D eigenvalue weighted by atomic mass is 10.1. The summed E-state index contributed by atoms with van der Waals surface area (Å²) in [6, 6.07) is 15.4. The molecule has 0 bridgehead atoms. The molecule has 1 aromatic heterocycles. The van der Waals surface area contributed by atoms with E-state index in [1.807, 2.05) is 24.5 Å². The SMILES string of the molecule is Cc1cc(C)cc(-n2ccc(-c3cccc(C(=O)O)c3)c2)c1. The Morgan fingerprint density at radius 1 is 0.955 bits per heavy atom. The Morgan fingerprint density at radius 3 is 2.36 bits per heavy atom. The van der Waals surface area contributed by atoms with Crippen molar-refractivity contribution >= 4 is 5.97 Å². The van der Waals surface area contributed by atoms with Gasteiger partial charge in [0.25, 0.3) is 0 Å². The number of aryl methyl sites for hydroxylation is 2. The molecule has 0 spiro atoms. The number of hydrogen-bond acceptors (Lipinski definition) is 1. The third kappa shape index (κ3) is 2.79. The van der Waals surface area contributed by atoms with Crippen LogP contribution in [0.5, 0.6) is 0 Å². The summed E-state index contributed by atoms with van der Waals surface area (Å²) in [5, 5.41) is 9.10. The largest absolute Gasteiger partial charge is 0.478 e. The third-order valence-electron chi connectivity index (χ3n) is 3.64. The van der Waals surface area contributed by atoms with Gasteiger partial charge in [0.05, 0.1) is 5.56 Å². The Kier molecular flexibility index (Phi) is 3.55. The molecule has 0 amide bonds. The molecule has 0 aliphatic heterocycles. The van der Waals surface area contributed by atoms with Crippen molar-refractivity contribution in [3.63, 3.8) is 0 Å². The predicted octanol–water partition coefficient (Wildman–Crippen LogP) is 4.46. The van der Waals surface area contributed by atoms with Crippen molar-refractivity contribution in [2.75, 3.05) is 0 Å². The lowest BCUT2D eigenvalue weighted by Crippen LogP contribution is -1.95. The summed E-state index contributed by atoms with van der Waals surface area (Å²) >= 11 is 0. The van der Waals surface area contributed by atoms with Crippen molar-refractivity contribution < 1.29 is 9.90 Å². The van der Waals surface area contributed by atoms with Crippen LogP contribution in [0.25, 0.3) is 16.8 Å². The molecular formula is C19H17NO2. The van der Waals surface area contributed by atoms with Crippen LogP contribution in [0.3, 0.4) is 0 Å². The number of rotatable bonds is 3. The van der Waals surface area contributed by atoms with Crippen LogP contribution >= 0.6 is 0 Å². The summed E-state index contributed by atoms with van der Waals surface area (Å²) in [5.41, 5.74) is 5.76. The number of aromatic carboxylic acids is 1. The van der Waals surface area contributed by atoms with Crippen LogP contribution < -0.4 is 0 Å². The topological polar surface area (TPSA) is 42.2 Å². The second-order valence-electron chi connectivity index (χ2n) is 5.54. The van der Waals surface area contributed by atoms with Crippen molar-refractivity contribution in [3.8, 4) is 16.8 Å². The molecule has 0 aliphatic rings. The summed E-state index contributed by atoms with van der Waals surface area (Å²) in [6.07, 6.45) is 4.02. The second-order valence-corrected chi connectivity index (χ2v) is 5.54. The summed E-state index contributed by atoms with van der Waals surface area (Å²) in [7, 11) is 0. The van der Waals surface area contributed by atoms with Gasteiger partial charge in [-0.2, -0.15) is 0 Å². The molecule has 0 atom stereocenters. The molecular weight excluding hydrogens is 274 g/mol. The monoisotopic (exact) mass is 291 g/mol. The molecule has 0 radical (unpaired) electrons. The van der Waals surface area contributed by atoms with Gasteiger partial charge in [0, 0.05) is 18.1 Å². The Balaban J connectivity index is 2.00. The van der Waals surface area contributed by atoms with Crippen molar-refractivity contribution in [1.82, 2.24) is 4.57 Å². The van der Waals surface area contributed by atoms with Crippen LogP contribution in [0.15, 0.2) is 60.9 Å². The average molecular weight is 291 g/mol. The van der Waals surface area contributed by atoms with E-state index in [1.54, 1.807) is 18.2 Å². The summed E-state index contributed by atoms with van der Waals surface area (Å²) in [4.78, 5) is 11.1. The van der Waals surface area contributed by atoms with Crippen molar-refractivity contribution in [2.24, 2.45) is 0 Å².